The molecular weight excluding hydrogens is 244 g/mol. The lowest BCUT2D eigenvalue weighted by Crippen LogP contribution is -2.32. The van der Waals surface area contributed by atoms with E-state index in [-0.39, 0.29) is 0 Å². The first-order valence-corrected chi connectivity index (χ1v) is 7.74. The summed E-state index contributed by atoms with van der Waals surface area (Å²) in [6, 6.07) is 15.7. The number of nitrogens with two attached hydrogens (primary N) is 1. The Balaban J connectivity index is 1.87. The average Bonchev–Trinajstić information content (AvgIpc) is 2.97. The molecule has 0 radical (unpaired) electrons. The van der Waals surface area contributed by atoms with Gasteiger partial charge in [-0.2, -0.15) is 0 Å². The highest BCUT2D eigenvalue weighted by atomic mass is 15.2. The molecule has 2 aromatic carbocycles. The second-order valence-electron chi connectivity index (χ2n) is 5.92. The molecule has 1 aliphatic rings. The van der Waals surface area contributed by atoms with Crippen LogP contribution in [-0.2, 0) is 0 Å². The largest absolute Gasteiger partial charge is 0.329 e. The summed E-state index contributed by atoms with van der Waals surface area (Å²) >= 11 is 0. The number of hydrogen-bond donors (Lipinski definition) is 1. The van der Waals surface area contributed by atoms with E-state index in [9.17, 15) is 0 Å². The highest BCUT2D eigenvalue weighted by Crippen LogP contribution is 2.30. The molecule has 106 valence electrons. The van der Waals surface area contributed by atoms with Crippen molar-refractivity contribution < 1.29 is 0 Å². The highest BCUT2D eigenvalue weighted by Gasteiger charge is 2.27. The second kappa shape index (κ2) is 5.94. The molecular formula is C18H24N2. The van der Waals surface area contributed by atoms with Crippen LogP contribution in [-0.4, -0.2) is 24.5 Å². The summed E-state index contributed by atoms with van der Waals surface area (Å²) in [5, 5.41) is 2.62. The Morgan fingerprint density at radius 3 is 2.70 bits per heavy atom. The zero-order chi connectivity index (χ0) is 13.9. The average molecular weight is 268 g/mol. The maximum atomic E-state index is 6.07. The first-order valence-electron chi connectivity index (χ1n) is 7.74. The smallest absolute Gasteiger partial charge is 0.0470 e. The van der Waals surface area contributed by atoms with Crippen molar-refractivity contribution in [1.82, 2.24) is 4.90 Å². The first kappa shape index (κ1) is 13.6. The molecule has 0 aromatic heterocycles. The van der Waals surface area contributed by atoms with Gasteiger partial charge in [0.1, 0.15) is 0 Å². The van der Waals surface area contributed by atoms with Gasteiger partial charge in [0.15, 0.2) is 0 Å². The van der Waals surface area contributed by atoms with Crippen LogP contribution in [0.3, 0.4) is 0 Å². The fraction of sp³-hybridized carbons (Fsp3) is 0.444. The van der Waals surface area contributed by atoms with Crippen LogP contribution < -0.4 is 5.73 Å². The fourth-order valence-corrected chi connectivity index (χ4v) is 3.39. The Hall–Kier alpha value is -1.38. The van der Waals surface area contributed by atoms with Gasteiger partial charge in [-0.1, -0.05) is 49.7 Å². The van der Waals surface area contributed by atoms with Crippen molar-refractivity contribution >= 4 is 10.8 Å². The first-order chi connectivity index (χ1) is 9.81. The highest BCUT2D eigenvalue weighted by molar-refractivity contribution is 5.83. The van der Waals surface area contributed by atoms with Gasteiger partial charge in [-0.3, -0.25) is 4.90 Å². The Bertz CT molecular complexity index is 578. The van der Waals surface area contributed by atoms with Crippen LogP contribution in [0.5, 0.6) is 0 Å². The van der Waals surface area contributed by atoms with Gasteiger partial charge in [-0.25, -0.2) is 0 Å². The number of likely N-dealkylation sites (tertiary alicyclic amines) is 1. The molecule has 2 aromatic rings. The van der Waals surface area contributed by atoms with Crippen molar-refractivity contribution in [2.75, 3.05) is 19.6 Å². The van der Waals surface area contributed by atoms with Crippen LogP contribution in [0.15, 0.2) is 42.5 Å². The molecule has 2 nitrogen and oxygen atoms in total. The summed E-state index contributed by atoms with van der Waals surface area (Å²) in [5.74, 6) is 0.851. The van der Waals surface area contributed by atoms with Gasteiger partial charge in [-0.15, -0.1) is 0 Å². The summed E-state index contributed by atoms with van der Waals surface area (Å²) in [6.45, 7) is 5.38. The molecule has 2 heteroatoms. The van der Waals surface area contributed by atoms with E-state index in [1.54, 1.807) is 0 Å². The monoisotopic (exact) mass is 268 g/mol. The van der Waals surface area contributed by atoms with Gasteiger partial charge in [-0.05, 0) is 41.3 Å². The lowest BCUT2D eigenvalue weighted by molar-refractivity contribution is 0.241. The third-order valence-corrected chi connectivity index (χ3v) is 4.72. The van der Waals surface area contributed by atoms with Gasteiger partial charge in [0.2, 0.25) is 0 Å². The van der Waals surface area contributed by atoms with E-state index in [0.717, 1.165) is 5.92 Å². The number of hydrogen-bond acceptors (Lipinski definition) is 2. The van der Waals surface area contributed by atoms with Crippen LogP contribution in [0.4, 0.5) is 0 Å². The molecule has 2 atom stereocenters. The van der Waals surface area contributed by atoms with Crippen molar-refractivity contribution in [3.8, 4) is 0 Å². The summed E-state index contributed by atoms with van der Waals surface area (Å²) in [4.78, 5) is 2.57. The minimum absolute atomic E-state index is 0.371. The van der Waals surface area contributed by atoms with Gasteiger partial charge >= 0.3 is 0 Å². The molecule has 0 aliphatic carbocycles. The summed E-state index contributed by atoms with van der Waals surface area (Å²) < 4.78 is 0. The standard InChI is InChI=1S/C18H24N2/c1-2-14-9-10-20(13-14)18(12-19)17-8-7-15-5-3-4-6-16(15)11-17/h3-8,11,14,18H,2,9-10,12-13,19H2,1H3. The SMILES string of the molecule is CCC1CCN(C(CN)c2ccc3ccccc3c2)C1. The second-order valence-corrected chi connectivity index (χ2v) is 5.92. The van der Waals surface area contributed by atoms with Crippen LogP contribution in [0.25, 0.3) is 10.8 Å². The van der Waals surface area contributed by atoms with E-state index in [1.807, 2.05) is 0 Å². The van der Waals surface area contributed by atoms with E-state index < -0.39 is 0 Å². The topological polar surface area (TPSA) is 29.3 Å². The van der Waals surface area contributed by atoms with E-state index in [2.05, 4.69) is 54.3 Å². The number of nitrogens with zero attached hydrogens (tertiary/aromatic N) is 1. The van der Waals surface area contributed by atoms with E-state index in [1.165, 1.54) is 42.3 Å². The molecule has 20 heavy (non-hydrogen) atoms. The molecule has 1 fully saturated rings. The molecule has 0 saturated carbocycles. The van der Waals surface area contributed by atoms with Crippen LogP contribution >= 0.6 is 0 Å². The van der Waals surface area contributed by atoms with Crippen molar-refractivity contribution in [3.05, 3.63) is 48.0 Å². The van der Waals surface area contributed by atoms with Crippen molar-refractivity contribution in [3.63, 3.8) is 0 Å². The third kappa shape index (κ3) is 2.58. The van der Waals surface area contributed by atoms with Gasteiger partial charge in [0, 0.05) is 19.1 Å². The molecule has 2 unspecified atom stereocenters. The summed E-state index contributed by atoms with van der Waals surface area (Å²) in [7, 11) is 0. The molecule has 3 rings (SSSR count). The van der Waals surface area contributed by atoms with Crippen molar-refractivity contribution in [2.45, 2.75) is 25.8 Å². The number of benzene rings is 2. The summed E-state index contributed by atoms with van der Waals surface area (Å²) in [6.07, 6.45) is 2.60. The lowest BCUT2D eigenvalue weighted by Gasteiger charge is -2.27. The van der Waals surface area contributed by atoms with Crippen molar-refractivity contribution in [1.29, 1.82) is 0 Å². The van der Waals surface area contributed by atoms with Crippen molar-refractivity contribution in [2.24, 2.45) is 11.7 Å². The maximum Gasteiger partial charge on any atom is 0.0470 e. The minimum Gasteiger partial charge on any atom is -0.329 e. The quantitative estimate of drug-likeness (QED) is 0.918. The maximum absolute atomic E-state index is 6.07. The number of fused-ring (bicyclic) bond motifs is 1. The Labute approximate surface area is 121 Å². The molecule has 0 bridgehead atoms. The zero-order valence-corrected chi connectivity index (χ0v) is 12.3. The molecule has 0 amide bonds. The molecule has 1 aliphatic heterocycles. The zero-order valence-electron chi connectivity index (χ0n) is 12.3. The Morgan fingerprint density at radius 1 is 1.20 bits per heavy atom. The van der Waals surface area contributed by atoms with Crippen LogP contribution in [0.2, 0.25) is 0 Å². The van der Waals surface area contributed by atoms with Gasteiger partial charge in [0.05, 0.1) is 0 Å². The minimum atomic E-state index is 0.371. The fourth-order valence-electron chi connectivity index (χ4n) is 3.39. The van der Waals surface area contributed by atoms with Crippen LogP contribution in [0.1, 0.15) is 31.4 Å². The number of rotatable bonds is 4. The molecule has 0 spiro atoms. The third-order valence-electron chi connectivity index (χ3n) is 4.72. The lowest BCUT2D eigenvalue weighted by atomic mass is 10.0. The Morgan fingerprint density at radius 2 is 2.00 bits per heavy atom. The van der Waals surface area contributed by atoms with E-state index in [4.69, 9.17) is 5.73 Å². The summed E-state index contributed by atoms with van der Waals surface area (Å²) in [5.41, 5.74) is 7.44. The predicted octanol–water partition coefficient (Wildman–Crippen LogP) is 3.57. The predicted molar refractivity (Wildman–Crippen MR) is 85.7 cm³/mol. The Kier molecular flexibility index (Phi) is 4.04. The van der Waals surface area contributed by atoms with Gasteiger partial charge < -0.3 is 5.73 Å². The van der Waals surface area contributed by atoms with E-state index in [0.29, 0.717) is 12.6 Å². The molecule has 1 heterocycles. The van der Waals surface area contributed by atoms with Crippen LogP contribution in [0, 0.1) is 5.92 Å². The molecule has 1 saturated heterocycles. The van der Waals surface area contributed by atoms with E-state index >= 15 is 0 Å². The van der Waals surface area contributed by atoms with Gasteiger partial charge in [0.25, 0.3) is 0 Å². The normalized spacial score (nSPS) is 21.4. The molecule has 2 N–H and O–H groups in total.